The zero-order valence-electron chi connectivity index (χ0n) is 30.2. The van der Waals surface area contributed by atoms with Gasteiger partial charge in [0.15, 0.2) is 0 Å². The fraction of sp³-hybridized carbons (Fsp3) is 0.439. The Hall–Kier alpha value is -4.27. The van der Waals surface area contributed by atoms with Crippen LogP contribution in [0.3, 0.4) is 0 Å². The van der Waals surface area contributed by atoms with Crippen molar-refractivity contribution in [1.82, 2.24) is 15.5 Å². The monoisotopic (exact) mass is 761 g/mol. The second-order valence-electron chi connectivity index (χ2n) is 14.0. The van der Waals surface area contributed by atoms with Gasteiger partial charge in [0.25, 0.3) is 0 Å². The van der Waals surface area contributed by atoms with Crippen LogP contribution in [0.1, 0.15) is 105 Å². The SMILES string of the molecule is CCCCC[C@H](CC(=O)N[C@@H](CCC[Se]c1ccccc1)CC(=O)N[C@@H](Cc1ccccc1)C(=O)OC(C)(C)C)N1C(=O)c2ccccc2C1=O. The molecule has 0 saturated carbocycles. The van der Waals surface area contributed by atoms with E-state index in [1.165, 1.54) is 9.36 Å². The fourth-order valence-electron chi connectivity index (χ4n) is 6.15. The van der Waals surface area contributed by atoms with Crippen LogP contribution < -0.4 is 15.1 Å². The van der Waals surface area contributed by atoms with Crippen LogP contribution in [-0.2, 0) is 25.5 Å². The first-order chi connectivity index (χ1) is 24.4. The molecule has 10 heteroatoms. The van der Waals surface area contributed by atoms with Gasteiger partial charge in [-0.15, -0.1) is 0 Å². The second-order valence-corrected chi connectivity index (χ2v) is 16.4. The number of amides is 4. The Bertz CT molecular complexity index is 1590. The van der Waals surface area contributed by atoms with Crippen LogP contribution in [0.25, 0.3) is 0 Å². The summed E-state index contributed by atoms with van der Waals surface area (Å²) in [5.41, 5.74) is 0.853. The molecule has 9 nitrogen and oxygen atoms in total. The molecule has 3 aromatic rings. The van der Waals surface area contributed by atoms with E-state index >= 15 is 0 Å². The van der Waals surface area contributed by atoms with E-state index in [0.29, 0.717) is 24.0 Å². The molecule has 0 spiro atoms. The molecule has 0 saturated heterocycles. The average Bonchev–Trinajstić information content (AvgIpc) is 3.35. The van der Waals surface area contributed by atoms with Crippen molar-refractivity contribution in [2.75, 3.05) is 0 Å². The number of carbonyl (C=O) groups excluding carboxylic acids is 5. The van der Waals surface area contributed by atoms with Crippen LogP contribution in [0.15, 0.2) is 84.9 Å². The summed E-state index contributed by atoms with van der Waals surface area (Å²) in [5.74, 6) is -1.99. The molecule has 0 aromatic heterocycles. The van der Waals surface area contributed by atoms with Crippen LogP contribution in [0.5, 0.6) is 0 Å². The Morgan fingerprint density at radius 3 is 1.94 bits per heavy atom. The van der Waals surface area contributed by atoms with Crippen LogP contribution in [0.2, 0.25) is 5.32 Å². The minimum atomic E-state index is -0.909. The molecule has 3 aromatic carbocycles. The maximum atomic E-state index is 13.7. The predicted octanol–water partition coefficient (Wildman–Crippen LogP) is 5.79. The predicted molar refractivity (Wildman–Crippen MR) is 200 cm³/mol. The molecule has 1 aliphatic heterocycles. The molecule has 1 heterocycles. The summed E-state index contributed by atoms with van der Waals surface area (Å²) >= 11 is 0.241. The van der Waals surface area contributed by atoms with Crippen molar-refractivity contribution >= 4 is 49.0 Å². The number of esters is 1. The molecule has 51 heavy (non-hydrogen) atoms. The number of benzene rings is 3. The molecule has 1 aliphatic rings. The number of unbranched alkanes of at least 4 members (excludes halogenated alkanes) is 2. The Morgan fingerprint density at radius 1 is 0.745 bits per heavy atom. The number of ether oxygens (including phenoxy) is 1. The molecule has 4 amide bonds. The van der Waals surface area contributed by atoms with E-state index < -0.39 is 29.7 Å². The number of hydrogen-bond donors (Lipinski definition) is 2. The Morgan fingerprint density at radius 2 is 1.33 bits per heavy atom. The summed E-state index contributed by atoms with van der Waals surface area (Å²) in [6.07, 6.45) is 4.64. The van der Waals surface area contributed by atoms with Gasteiger partial charge in [-0.1, -0.05) is 25.1 Å². The van der Waals surface area contributed by atoms with Gasteiger partial charge in [0, 0.05) is 0 Å². The molecular weight excluding hydrogens is 709 g/mol. The molecule has 3 atom stereocenters. The van der Waals surface area contributed by atoms with Gasteiger partial charge >= 0.3 is 284 Å². The number of nitrogens with zero attached hydrogens (tertiary/aromatic N) is 1. The van der Waals surface area contributed by atoms with Gasteiger partial charge in [-0.05, 0) is 0 Å². The number of fused-ring (bicyclic) bond motifs is 1. The molecule has 0 aliphatic carbocycles. The van der Waals surface area contributed by atoms with Crippen molar-refractivity contribution in [3.05, 3.63) is 102 Å². The van der Waals surface area contributed by atoms with Gasteiger partial charge in [-0.3, -0.25) is 0 Å². The molecule has 0 radical (unpaired) electrons. The molecule has 0 unspecified atom stereocenters. The van der Waals surface area contributed by atoms with Gasteiger partial charge in [0.2, 0.25) is 0 Å². The normalized spacial score (nSPS) is 14.4. The Labute approximate surface area is 308 Å². The second kappa shape index (κ2) is 19.4. The van der Waals surface area contributed by atoms with Crippen molar-refractivity contribution in [1.29, 1.82) is 0 Å². The van der Waals surface area contributed by atoms with Gasteiger partial charge < -0.3 is 0 Å². The summed E-state index contributed by atoms with van der Waals surface area (Å²) < 4.78 is 6.93. The van der Waals surface area contributed by atoms with Crippen molar-refractivity contribution in [2.45, 2.75) is 115 Å². The van der Waals surface area contributed by atoms with Crippen molar-refractivity contribution in [3.8, 4) is 0 Å². The van der Waals surface area contributed by atoms with E-state index in [9.17, 15) is 24.0 Å². The first-order valence-electron chi connectivity index (χ1n) is 18.0. The van der Waals surface area contributed by atoms with E-state index in [1.54, 1.807) is 45.0 Å². The van der Waals surface area contributed by atoms with E-state index in [-0.39, 0.29) is 57.8 Å². The molecule has 2 N–H and O–H groups in total. The summed E-state index contributed by atoms with van der Waals surface area (Å²) in [4.78, 5) is 68.6. The molecule has 272 valence electrons. The van der Waals surface area contributed by atoms with E-state index in [1.807, 2.05) is 48.5 Å². The first-order valence-corrected chi connectivity index (χ1v) is 20.0. The van der Waals surface area contributed by atoms with Gasteiger partial charge in [0.05, 0.1) is 0 Å². The number of rotatable bonds is 19. The third-order valence-corrected chi connectivity index (χ3v) is 10.9. The quantitative estimate of drug-likeness (QED) is 0.0691. The van der Waals surface area contributed by atoms with E-state index in [4.69, 9.17) is 4.74 Å². The molecule has 4 rings (SSSR count). The van der Waals surface area contributed by atoms with Gasteiger partial charge in [0.1, 0.15) is 0 Å². The summed E-state index contributed by atoms with van der Waals surface area (Å²) in [5, 5.41) is 6.89. The van der Waals surface area contributed by atoms with Gasteiger partial charge in [-0.25, -0.2) is 0 Å². The Kier molecular flexibility index (Phi) is 15.0. The fourth-order valence-corrected chi connectivity index (χ4v) is 8.03. The minimum absolute atomic E-state index is 0.0360. The van der Waals surface area contributed by atoms with Gasteiger partial charge in [-0.2, -0.15) is 0 Å². The zero-order valence-corrected chi connectivity index (χ0v) is 31.9. The average molecular weight is 761 g/mol. The van der Waals surface area contributed by atoms with Crippen LogP contribution in [-0.4, -0.2) is 73.2 Å². The standard InChI is InChI=1S/C41H51N3O6Se/c1-5-6-9-20-31(44-38(47)33-23-14-15-24-34(33)39(44)48)28-37(46)42-30(19-16-25-51-32-21-12-8-13-22-32)27-36(45)43-35(40(49)50-41(2,3)4)26-29-17-10-7-11-18-29/h7-8,10-15,17-18,21-24,30-31,35H,5-6,9,16,19-20,25-28H2,1-4H3,(H,42,46)(H,43,45)/t30-,31+,35-/m0/s1. The third-order valence-electron chi connectivity index (χ3n) is 8.57. The number of hydrogen-bond acceptors (Lipinski definition) is 6. The Balaban J connectivity index is 1.47. The zero-order chi connectivity index (χ0) is 36.8. The maximum absolute atomic E-state index is 13.7. The molecule has 0 bridgehead atoms. The van der Waals surface area contributed by atoms with Crippen LogP contribution >= 0.6 is 0 Å². The van der Waals surface area contributed by atoms with Crippen molar-refractivity contribution in [3.63, 3.8) is 0 Å². The van der Waals surface area contributed by atoms with E-state index in [0.717, 1.165) is 36.6 Å². The first kappa shape index (κ1) is 39.5. The molecule has 0 fully saturated rings. The summed E-state index contributed by atoms with van der Waals surface area (Å²) in [7, 11) is 0. The van der Waals surface area contributed by atoms with E-state index in [2.05, 4.69) is 29.7 Å². The third kappa shape index (κ3) is 12.5. The topological polar surface area (TPSA) is 122 Å². The summed E-state index contributed by atoms with van der Waals surface area (Å²) in [6, 6.07) is 24.4. The van der Waals surface area contributed by atoms with Crippen LogP contribution in [0, 0.1) is 0 Å². The number of carbonyl (C=O) groups is 5. The van der Waals surface area contributed by atoms with Crippen LogP contribution in [0.4, 0.5) is 0 Å². The summed E-state index contributed by atoms with van der Waals surface area (Å²) in [6.45, 7) is 7.43. The number of imide groups is 1. The van der Waals surface area contributed by atoms with Crippen molar-refractivity contribution < 1.29 is 28.7 Å². The molecular formula is C41H51N3O6Se. The number of nitrogens with one attached hydrogen (secondary N) is 2. The van der Waals surface area contributed by atoms with Crippen molar-refractivity contribution in [2.24, 2.45) is 0 Å².